The van der Waals surface area contributed by atoms with Gasteiger partial charge in [0.1, 0.15) is 5.58 Å². The Bertz CT molecular complexity index is 3500. The van der Waals surface area contributed by atoms with Gasteiger partial charge in [-0.25, -0.2) is 15.0 Å². The van der Waals surface area contributed by atoms with Gasteiger partial charge in [-0.2, -0.15) is 0 Å². The maximum atomic E-state index is 6.95. The molecule has 0 aliphatic rings. The van der Waals surface area contributed by atoms with Crippen molar-refractivity contribution in [1.82, 2.24) is 19.5 Å². The van der Waals surface area contributed by atoms with E-state index in [1.165, 1.54) is 33.0 Å². The molecule has 0 unspecified atom stereocenters. The van der Waals surface area contributed by atoms with Crippen molar-refractivity contribution in [2.45, 2.75) is 0 Å². The smallest absolute Gasteiger partial charge is 0.164 e. The Kier molecular flexibility index (Phi) is 8.42. The first-order chi connectivity index (χ1) is 30.7. The summed E-state index contributed by atoms with van der Waals surface area (Å²) >= 11 is 0. The highest BCUT2D eigenvalue weighted by Crippen LogP contribution is 2.41. The number of rotatable bonds is 7. The van der Waals surface area contributed by atoms with E-state index in [1.807, 2.05) is 36.4 Å². The average molecular weight is 793 g/mol. The van der Waals surface area contributed by atoms with Gasteiger partial charge in [0.25, 0.3) is 0 Å². The Morgan fingerprint density at radius 3 is 1.26 bits per heavy atom. The fourth-order valence-electron chi connectivity index (χ4n) is 8.79. The summed E-state index contributed by atoms with van der Waals surface area (Å²) in [5, 5.41) is 4.44. The molecule has 0 aliphatic heterocycles. The second-order valence-corrected chi connectivity index (χ2v) is 15.6. The number of benzene rings is 9. The highest BCUT2D eigenvalue weighted by atomic mass is 16.3. The van der Waals surface area contributed by atoms with Gasteiger partial charge in [-0.05, 0) is 75.8 Å². The minimum Gasteiger partial charge on any atom is -0.454 e. The molecule has 5 nitrogen and oxygen atoms in total. The first-order valence-electron chi connectivity index (χ1n) is 20.8. The Hall–Kier alpha value is -8.41. The summed E-state index contributed by atoms with van der Waals surface area (Å²) in [5.74, 6) is 1.80. The van der Waals surface area contributed by atoms with Gasteiger partial charge in [0.05, 0.1) is 16.7 Å². The third-order valence-corrected chi connectivity index (χ3v) is 11.9. The molecule has 0 saturated carbocycles. The molecule has 62 heavy (non-hydrogen) atoms. The largest absolute Gasteiger partial charge is 0.454 e. The van der Waals surface area contributed by atoms with E-state index in [2.05, 4.69) is 187 Å². The van der Waals surface area contributed by atoms with Crippen LogP contribution < -0.4 is 0 Å². The van der Waals surface area contributed by atoms with Crippen molar-refractivity contribution in [2.24, 2.45) is 0 Å². The Labute approximate surface area is 357 Å². The summed E-state index contributed by atoms with van der Waals surface area (Å²) < 4.78 is 9.30. The second kappa shape index (κ2) is 14.7. The molecule has 290 valence electrons. The van der Waals surface area contributed by atoms with Gasteiger partial charge in [-0.15, -0.1) is 0 Å². The molecular formula is C57H36N4O. The van der Waals surface area contributed by atoms with Crippen LogP contribution in [0.2, 0.25) is 0 Å². The Morgan fingerprint density at radius 1 is 0.290 bits per heavy atom. The van der Waals surface area contributed by atoms with E-state index in [0.29, 0.717) is 17.5 Å². The third-order valence-electron chi connectivity index (χ3n) is 11.9. The van der Waals surface area contributed by atoms with E-state index < -0.39 is 0 Å². The van der Waals surface area contributed by atoms with Crippen molar-refractivity contribution in [3.63, 3.8) is 0 Å². The van der Waals surface area contributed by atoms with Crippen LogP contribution >= 0.6 is 0 Å². The normalized spacial score (nSPS) is 11.5. The quantitative estimate of drug-likeness (QED) is 0.161. The van der Waals surface area contributed by atoms with E-state index in [-0.39, 0.29) is 0 Å². The molecule has 0 N–H and O–H groups in total. The summed E-state index contributed by atoms with van der Waals surface area (Å²) in [7, 11) is 0. The first kappa shape index (κ1) is 35.5. The molecule has 3 aromatic heterocycles. The average Bonchev–Trinajstić information content (AvgIpc) is 3.90. The fraction of sp³-hybridized carbons (Fsp3) is 0. The summed E-state index contributed by atoms with van der Waals surface area (Å²) in [4.78, 5) is 15.1. The van der Waals surface area contributed by atoms with Crippen LogP contribution in [0.1, 0.15) is 0 Å². The molecule has 0 bridgehead atoms. The zero-order chi connectivity index (χ0) is 41.0. The topological polar surface area (TPSA) is 56.7 Å². The molecule has 12 rings (SSSR count). The van der Waals surface area contributed by atoms with Gasteiger partial charge in [0.2, 0.25) is 0 Å². The number of fused-ring (bicyclic) bond motifs is 6. The van der Waals surface area contributed by atoms with E-state index in [0.717, 1.165) is 66.5 Å². The van der Waals surface area contributed by atoms with E-state index >= 15 is 0 Å². The standard InChI is InChI=1S/C57H36N4O/c1-5-14-37(15-6-1)40-24-26-42(27-25-40)56-58-55(41-20-11-4-12-21-41)59-57(60-56)45-28-31-46-47-22-13-23-52(54(47)62-53(46)36-45)61-50-32-29-43(38-16-7-2-8-17-38)34-48(50)49-35-44(30-33-51(49)61)39-18-9-3-10-19-39/h1-36H. The molecule has 5 heteroatoms. The van der Waals surface area contributed by atoms with E-state index in [9.17, 15) is 0 Å². The predicted molar refractivity (Wildman–Crippen MR) is 254 cm³/mol. The van der Waals surface area contributed by atoms with Gasteiger partial charge in [0.15, 0.2) is 23.1 Å². The molecule has 3 heterocycles. The fourth-order valence-corrected chi connectivity index (χ4v) is 8.79. The van der Waals surface area contributed by atoms with Crippen LogP contribution in [0.5, 0.6) is 0 Å². The molecule has 9 aromatic carbocycles. The van der Waals surface area contributed by atoms with E-state index in [4.69, 9.17) is 19.4 Å². The lowest BCUT2D eigenvalue weighted by molar-refractivity contribution is 0.666. The second-order valence-electron chi connectivity index (χ2n) is 15.6. The zero-order valence-corrected chi connectivity index (χ0v) is 33.5. The minimum atomic E-state index is 0.578. The van der Waals surface area contributed by atoms with Crippen LogP contribution in [-0.2, 0) is 0 Å². The van der Waals surface area contributed by atoms with Crippen LogP contribution in [-0.4, -0.2) is 19.5 Å². The first-order valence-corrected chi connectivity index (χ1v) is 20.8. The number of furan rings is 1. The van der Waals surface area contributed by atoms with E-state index in [1.54, 1.807) is 0 Å². The van der Waals surface area contributed by atoms with Crippen molar-refractivity contribution < 1.29 is 4.42 Å². The lowest BCUT2D eigenvalue weighted by Crippen LogP contribution is -2.00. The molecule has 12 aromatic rings. The number of nitrogens with zero attached hydrogens (tertiary/aromatic N) is 4. The Morgan fingerprint density at radius 2 is 0.710 bits per heavy atom. The van der Waals surface area contributed by atoms with Crippen LogP contribution in [0.3, 0.4) is 0 Å². The summed E-state index contributed by atoms with van der Waals surface area (Å²) in [5.41, 5.74) is 14.5. The number of hydrogen-bond donors (Lipinski definition) is 0. The zero-order valence-electron chi connectivity index (χ0n) is 33.5. The highest BCUT2D eigenvalue weighted by Gasteiger charge is 2.20. The predicted octanol–water partition coefficient (Wildman–Crippen LogP) is 14.9. The molecule has 0 radical (unpaired) electrons. The molecular weight excluding hydrogens is 757 g/mol. The van der Waals surface area contributed by atoms with Crippen LogP contribution in [0.25, 0.3) is 117 Å². The SMILES string of the molecule is c1ccc(-c2ccc(-c3nc(-c4ccccc4)nc(-c4ccc5c(c4)oc4c(-n6c7ccc(-c8ccccc8)cc7c7cc(-c8ccccc8)ccc76)cccc45)n3)cc2)cc1. The minimum absolute atomic E-state index is 0.578. The molecule has 0 saturated heterocycles. The van der Waals surface area contributed by atoms with Crippen molar-refractivity contribution in [2.75, 3.05) is 0 Å². The maximum Gasteiger partial charge on any atom is 0.164 e. The number of aromatic nitrogens is 4. The molecule has 0 amide bonds. The van der Waals surface area contributed by atoms with Gasteiger partial charge in [0, 0.05) is 38.2 Å². The van der Waals surface area contributed by atoms with Crippen LogP contribution in [0.4, 0.5) is 0 Å². The maximum absolute atomic E-state index is 6.95. The Balaban J connectivity index is 1.01. The summed E-state index contributed by atoms with van der Waals surface area (Å²) in [6.45, 7) is 0. The van der Waals surface area contributed by atoms with Gasteiger partial charge in [-0.1, -0.05) is 176 Å². The van der Waals surface area contributed by atoms with Crippen molar-refractivity contribution >= 4 is 43.7 Å². The number of para-hydroxylation sites is 1. The lowest BCUT2D eigenvalue weighted by atomic mass is 10.0. The van der Waals surface area contributed by atoms with Crippen molar-refractivity contribution in [3.8, 4) is 73.2 Å². The molecule has 0 fully saturated rings. The van der Waals surface area contributed by atoms with Gasteiger partial charge < -0.3 is 8.98 Å². The highest BCUT2D eigenvalue weighted by molar-refractivity contribution is 6.14. The third kappa shape index (κ3) is 6.14. The van der Waals surface area contributed by atoms with Gasteiger partial charge in [-0.3, -0.25) is 0 Å². The molecule has 0 atom stereocenters. The summed E-state index contributed by atoms with van der Waals surface area (Å²) in [6, 6.07) is 76.4. The summed E-state index contributed by atoms with van der Waals surface area (Å²) in [6.07, 6.45) is 0. The lowest BCUT2D eigenvalue weighted by Gasteiger charge is -2.09. The molecule has 0 aliphatic carbocycles. The van der Waals surface area contributed by atoms with Crippen LogP contribution in [0, 0.1) is 0 Å². The number of hydrogen-bond acceptors (Lipinski definition) is 4. The monoisotopic (exact) mass is 792 g/mol. The van der Waals surface area contributed by atoms with Gasteiger partial charge >= 0.3 is 0 Å². The molecule has 0 spiro atoms. The van der Waals surface area contributed by atoms with Crippen molar-refractivity contribution in [3.05, 3.63) is 218 Å². The van der Waals surface area contributed by atoms with Crippen molar-refractivity contribution in [1.29, 1.82) is 0 Å². The van der Waals surface area contributed by atoms with Crippen LogP contribution in [0.15, 0.2) is 223 Å².